The first-order valence-electron chi connectivity index (χ1n) is 11.0. The number of hydrogen-bond donors (Lipinski definition) is 2. The lowest BCUT2D eigenvalue weighted by Crippen LogP contribution is -2.34. The van der Waals surface area contributed by atoms with Crippen molar-refractivity contribution < 1.29 is 18.7 Å². The van der Waals surface area contributed by atoms with Crippen LogP contribution in [0.3, 0.4) is 0 Å². The van der Waals surface area contributed by atoms with Crippen LogP contribution in [0.5, 0.6) is 5.75 Å². The van der Waals surface area contributed by atoms with Crippen LogP contribution in [0.2, 0.25) is 5.02 Å². The first-order chi connectivity index (χ1) is 16.9. The maximum Gasteiger partial charge on any atom is 0.265 e. The molecule has 0 saturated carbocycles. The molecule has 1 atom stereocenters. The van der Waals surface area contributed by atoms with Gasteiger partial charge in [-0.05, 0) is 67.1 Å². The van der Waals surface area contributed by atoms with Crippen molar-refractivity contribution in [3.63, 3.8) is 0 Å². The Hall–Kier alpha value is -4.10. The van der Waals surface area contributed by atoms with Gasteiger partial charge in [0.05, 0.1) is 5.39 Å². The Bertz CT molecular complexity index is 1430. The Labute approximate surface area is 206 Å². The van der Waals surface area contributed by atoms with Crippen LogP contribution >= 0.6 is 11.6 Å². The predicted octanol–water partition coefficient (Wildman–Crippen LogP) is 5.87. The van der Waals surface area contributed by atoms with Gasteiger partial charge in [0.1, 0.15) is 5.58 Å². The van der Waals surface area contributed by atoms with Crippen LogP contribution in [0.1, 0.15) is 20.3 Å². The molecule has 0 aliphatic heterocycles. The standard InChI is InChI=1S/C27H23ClN2O5/c1-3-22(27(33)30-20-14-12-19(13-15-20)29-16(2)31)34-26-24(32)21-6-4-5-7-23(21)35-25(26)17-8-10-18(28)11-9-17/h4-15,22H,3H2,1-2H3,(H,29,31)(H,30,33). The summed E-state index contributed by atoms with van der Waals surface area (Å²) in [7, 11) is 0. The molecule has 35 heavy (non-hydrogen) atoms. The molecule has 2 N–H and O–H groups in total. The fraction of sp³-hybridized carbons (Fsp3) is 0.148. The van der Waals surface area contributed by atoms with Crippen LogP contribution < -0.4 is 20.8 Å². The zero-order chi connectivity index (χ0) is 24.9. The van der Waals surface area contributed by atoms with E-state index in [4.69, 9.17) is 20.8 Å². The number of carbonyl (C=O) groups is 2. The van der Waals surface area contributed by atoms with Gasteiger partial charge in [-0.3, -0.25) is 14.4 Å². The minimum atomic E-state index is -0.958. The maximum absolute atomic E-state index is 13.4. The predicted molar refractivity (Wildman–Crippen MR) is 137 cm³/mol. The molecule has 0 radical (unpaired) electrons. The largest absolute Gasteiger partial charge is 0.473 e. The van der Waals surface area contributed by atoms with Crippen molar-refractivity contribution in [1.29, 1.82) is 0 Å². The van der Waals surface area contributed by atoms with Gasteiger partial charge < -0.3 is 19.8 Å². The van der Waals surface area contributed by atoms with Gasteiger partial charge >= 0.3 is 0 Å². The number of rotatable bonds is 7. The Morgan fingerprint density at radius 2 is 1.57 bits per heavy atom. The van der Waals surface area contributed by atoms with Crippen molar-refractivity contribution in [1.82, 2.24) is 0 Å². The summed E-state index contributed by atoms with van der Waals surface area (Å²) in [4.78, 5) is 37.6. The van der Waals surface area contributed by atoms with Crippen molar-refractivity contribution in [2.24, 2.45) is 0 Å². The Balaban J connectivity index is 1.66. The van der Waals surface area contributed by atoms with Gasteiger partial charge in [-0.15, -0.1) is 0 Å². The number of anilines is 2. The number of ether oxygens (including phenoxy) is 1. The molecule has 0 aliphatic carbocycles. The molecule has 1 aromatic heterocycles. The summed E-state index contributed by atoms with van der Waals surface area (Å²) in [6, 6.07) is 20.4. The highest BCUT2D eigenvalue weighted by atomic mass is 35.5. The molecule has 0 saturated heterocycles. The molecule has 0 aliphatic rings. The van der Waals surface area contributed by atoms with E-state index in [0.717, 1.165) is 0 Å². The Kier molecular flexibility index (Phi) is 7.17. The summed E-state index contributed by atoms with van der Waals surface area (Å²) in [6.07, 6.45) is -0.651. The molecule has 7 nitrogen and oxygen atoms in total. The zero-order valence-electron chi connectivity index (χ0n) is 19.1. The van der Waals surface area contributed by atoms with Crippen LogP contribution in [0.25, 0.3) is 22.3 Å². The molecule has 4 aromatic rings. The lowest BCUT2D eigenvalue weighted by atomic mass is 10.1. The average Bonchev–Trinajstić information content (AvgIpc) is 2.85. The zero-order valence-corrected chi connectivity index (χ0v) is 19.9. The van der Waals surface area contributed by atoms with Gasteiger partial charge in [0, 0.05) is 28.9 Å². The number of nitrogens with one attached hydrogen (secondary N) is 2. The minimum Gasteiger partial charge on any atom is -0.473 e. The molecule has 0 bridgehead atoms. The third kappa shape index (κ3) is 5.53. The van der Waals surface area contributed by atoms with E-state index in [1.54, 1.807) is 79.7 Å². The van der Waals surface area contributed by atoms with Crippen LogP contribution in [0.4, 0.5) is 11.4 Å². The fourth-order valence-electron chi connectivity index (χ4n) is 3.55. The van der Waals surface area contributed by atoms with E-state index >= 15 is 0 Å². The molecular formula is C27H23ClN2O5. The second-order valence-corrected chi connectivity index (χ2v) is 8.29. The van der Waals surface area contributed by atoms with Crippen molar-refractivity contribution in [2.45, 2.75) is 26.4 Å². The van der Waals surface area contributed by atoms with Crippen LogP contribution in [-0.2, 0) is 9.59 Å². The highest BCUT2D eigenvalue weighted by Crippen LogP contribution is 2.32. The van der Waals surface area contributed by atoms with Gasteiger partial charge in [0.25, 0.3) is 5.91 Å². The van der Waals surface area contributed by atoms with Crippen molar-refractivity contribution in [3.8, 4) is 17.1 Å². The van der Waals surface area contributed by atoms with Crippen molar-refractivity contribution in [2.75, 3.05) is 10.6 Å². The van der Waals surface area contributed by atoms with Crippen molar-refractivity contribution in [3.05, 3.63) is 88.0 Å². The molecule has 2 amide bonds. The monoisotopic (exact) mass is 490 g/mol. The second kappa shape index (κ2) is 10.4. The first-order valence-corrected chi connectivity index (χ1v) is 11.4. The third-order valence-corrected chi connectivity index (χ3v) is 5.51. The molecule has 0 spiro atoms. The highest BCUT2D eigenvalue weighted by molar-refractivity contribution is 6.30. The topological polar surface area (TPSA) is 97.6 Å². The summed E-state index contributed by atoms with van der Waals surface area (Å²) in [5.74, 6) is -0.438. The summed E-state index contributed by atoms with van der Waals surface area (Å²) >= 11 is 6.03. The summed E-state index contributed by atoms with van der Waals surface area (Å²) in [6.45, 7) is 3.20. The third-order valence-electron chi connectivity index (χ3n) is 5.26. The molecule has 1 heterocycles. The molecule has 1 unspecified atom stereocenters. The van der Waals surface area contributed by atoms with Gasteiger partial charge in [0.15, 0.2) is 11.9 Å². The lowest BCUT2D eigenvalue weighted by molar-refractivity contribution is -0.122. The number of hydrogen-bond acceptors (Lipinski definition) is 5. The van der Waals surface area contributed by atoms with E-state index in [1.807, 2.05) is 0 Å². The molecule has 4 rings (SSSR count). The minimum absolute atomic E-state index is 0.0472. The second-order valence-electron chi connectivity index (χ2n) is 7.86. The number of benzene rings is 3. The number of fused-ring (bicyclic) bond motifs is 1. The molecular weight excluding hydrogens is 468 g/mol. The lowest BCUT2D eigenvalue weighted by Gasteiger charge is -2.19. The maximum atomic E-state index is 13.4. The molecule has 178 valence electrons. The number of halogens is 1. The highest BCUT2D eigenvalue weighted by Gasteiger charge is 2.25. The normalized spacial score (nSPS) is 11.6. The summed E-state index contributed by atoms with van der Waals surface area (Å²) < 4.78 is 12.1. The Morgan fingerprint density at radius 1 is 0.943 bits per heavy atom. The van der Waals surface area contributed by atoms with Gasteiger partial charge in [-0.1, -0.05) is 30.7 Å². The summed E-state index contributed by atoms with van der Waals surface area (Å²) in [5.41, 5.74) is 1.76. The summed E-state index contributed by atoms with van der Waals surface area (Å²) in [5, 5.41) is 6.35. The number of amides is 2. The van der Waals surface area contributed by atoms with E-state index in [1.165, 1.54) is 6.92 Å². The van der Waals surface area contributed by atoms with Crippen LogP contribution in [0.15, 0.2) is 82.0 Å². The van der Waals surface area contributed by atoms with Crippen molar-refractivity contribution >= 4 is 45.8 Å². The Morgan fingerprint density at radius 3 is 2.20 bits per heavy atom. The average molecular weight is 491 g/mol. The van der Waals surface area contributed by atoms with E-state index in [0.29, 0.717) is 39.4 Å². The van der Waals surface area contributed by atoms with E-state index in [-0.39, 0.29) is 22.8 Å². The molecule has 0 fully saturated rings. The smallest absolute Gasteiger partial charge is 0.265 e. The van der Waals surface area contributed by atoms with Gasteiger partial charge in [0.2, 0.25) is 17.1 Å². The fourth-order valence-corrected chi connectivity index (χ4v) is 3.68. The quantitative estimate of drug-likeness (QED) is 0.337. The van der Waals surface area contributed by atoms with E-state index in [2.05, 4.69) is 10.6 Å². The van der Waals surface area contributed by atoms with Crippen LogP contribution in [0, 0.1) is 0 Å². The first kappa shape index (κ1) is 24.0. The SMILES string of the molecule is CCC(Oc1c(-c2ccc(Cl)cc2)oc2ccccc2c1=O)C(=O)Nc1ccc(NC(C)=O)cc1. The van der Waals surface area contributed by atoms with Gasteiger partial charge in [-0.2, -0.15) is 0 Å². The molecule has 3 aromatic carbocycles. The van der Waals surface area contributed by atoms with E-state index in [9.17, 15) is 14.4 Å². The van der Waals surface area contributed by atoms with Crippen LogP contribution in [-0.4, -0.2) is 17.9 Å². The number of para-hydroxylation sites is 1. The molecule has 8 heteroatoms. The number of carbonyl (C=O) groups excluding carboxylic acids is 2. The van der Waals surface area contributed by atoms with E-state index < -0.39 is 12.0 Å². The van der Waals surface area contributed by atoms with Gasteiger partial charge in [-0.25, -0.2) is 0 Å².